The molecule has 2 aromatic rings. The Hall–Kier alpha value is -0.720. The summed E-state index contributed by atoms with van der Waals surface area (Å²) in [4.78, 5) is 5.53. The van der Waals surface area contributed by atoms with E-state index >= 15 is 0 Å². The van der Waals surface area contributed by atoms with Crippen LogP contribution < -0.4 is 5.32 Å². The van der Waals surface area contributed by atoms with Crippen molar-refractivity contribution >= 4 is 27.3 Å². The van der Waals surface area contributed by atoms with Gasteiger partial charge >= 0.3 is 0 Å². The molecule has 0 bridgehead atoms. The Balaban J connectivity index is 2.12. The molecule has 1 atom stereocenters. The van der Waals surface area contributed by atoms with E-state index in [1.54, 1.807) is 17.7 Å². The Morgan fingerprint density at radius 1 is 1.62 bits per heavy atom. The van der Waals surface area contributed by atoms with Gasteiger partial charge in [0.1, 0.15) is 12.2 Å². The van der Waals surface area contributed by atoms with Crippen LogP contribution in [0.2, 0.25) is 0 Å². The molecule has 0 fully saturated rings. The Kier molecular flexibility index (Phi) is 4.09. The van der Waals surface area contributed by atoms with Crippen LogP contribution in [-0.2, 0) is 6.42 Å². The fourth-order valence-electron chi connectivity index (χ4n) is 1.55. The average molecular weight is 301 g/mol. The highest BCUT2D eigenvalue weighted by Gasteiger charge is 2.16. The van der Waals surface area contributed by atoms with Crippen LogP contribution in [0.3, 0.4) is 0 Å². The standard InChI is InChI=1S/C10H13BrN4S/c1-2-12-8(10-13-6-14-15-10)5-9-7(11)3-4-16-9/h3-4,6,8,12H,2,5H2,1H3,(H,13,14,15). The first-order chi connectivity index (χ1) is 7.81. The van der Waals surface area contributed by atoms with Gasteiger partial charge in [0.2, 0.25) is 0 Å². The lowest BCUT2D eigenvalue weighted by Crippen LogP contribution is -2.23. The second-order valence-corrected chi connectivity index (χ2v) is 5.23. The van der Waals surface area contributed by atoms with Crippen LogP contribution in [0.1, 0.15) is 23.7 Å². The maximum Gasteiger partial charge on any atom is 0.141 e. The number of H-pyrrole nitrogens is 1. The molecular formula is C10H13BrN4S. The number of thiophene rings is 1. The summed E-state index contributed by atoms with van der Waals surface area (Å²) in [5.74, 6) is 0.891. The zero-order chi connectivity index (χ0) is 11.4. The van der Waals surface area contributed by atoms with E-state index in [1.165, 1.54) is 9.35 Å². The highest BCUT2D eigenvalue weighted by molar-refractivity contribution is 9.10. The van der Waals surface area contributed by atoms with Gasteiger partial charge in [0.05, 0.1) is 6.04 Å². The van der Waals surface area contributed by atoms with Gasteiger partial charge in [0.25, 0.3) is 0 Å². The van der Waals surface area contributed by atoms with Gasteiger partial charge in [0, 0.05) is 15.8 Å². The number of aromatic nitrogens is 3. The zero-order valence-electron chi connectivity index (χ0n) is 8.90. The predicted octanol–water partition coefficient (Wildman–Crippen LogP) is 2.52. The summed E-state index contributed by atoms with van der Waals surface area (Å²) in [6.07, 6.45) is 2.46. The highest BCUT2D eigenvalue weighted by atomic mass is 79.9. The van der Waals surface area contributed by atoms with Crippen molar-refractivity contribution in [1.29, 1.82) is 0 Å². The van der Waals surface area contributed by atoms with Gasteiger partial charge in [-0.3, -0.25) is 5.10 Å². The van der Waals surface area contributed by atoms with Gasteiger partial charge in [-0.25, -0.2) is 4.98 Å². The van der Waals surface area contributed by atoms with Crippen molar-refractivity contribution in [2.75, 3.05) is 6.54 Å². The summed E-state index contributed by atoms with van der Waals surface area (Å²) in [5.41, 5.74) is 0. The zero-order valence-corrected chi connectivity index (χ0v) is 11.3. The molecule has 1 unspecified atom stereocenters. The number of nitrogens with zero attached hydrogens (tertiary/aromatic N) is 2. The SMILES string of the molecule is CCNC(Cc1sccc1Br)c1ncn[nH]1. The van der Waals surface area contributed by atoms with Crippen molar-refractivity contribution in [3.8, 4) is 0 Å². The summed E-state index contributed by atoms with van der Waals surface area (Å²) in [5, 5.41) is 12.3. The van der Waals surface area contributed by atoms with Crippen LogP contribution in [0.5, 0.6) is 0 Å². The van der Waals surface area contributed by atoms with E-state index in [0.717, 1.165) is 18.8 Å². The summed E-state index contributed by atoms with van der Waals surface area (Å²) in [7, 11) is 0. The van der Waals surface area contributed by atoms with Crippen LogP contribution in [0, 0.1) is 0 Å². The molecule has 0 radical (unpaired) electrons. The van der Waals surface area contributed by atoms with E-state index in [0.29, 0.717) is 0 Å². The Morgan fingerprint density at radius 2 is 2.50 bits per heavy atom. The molecule has 4 nitrogen and oxygen atoms in total. The number of hydrogen-bond acceptors (Lipinski definition) is 4. The lowest BCUT2D eigenvalue weighted by molar-refractivity contribution is 0.526. The van der Waals surface area contributed by atoms with E-state index in [2.05, 4.69) is 54.8 Å². The predicted molar refractivity (Wildman–Crippen MR) is 68.5 cm³/mol. The highest BCUT2D eigenvalue weighted by Crippen LogP contribution is 2.27. The molecule has 0 aliphatic rings. The number of likely N-dealkylation sites (N-methyl/N-ethyl adjacent to an activating group) is 1. The van der Waals surface area contributed by atoms with E-state index in [-0.39, 0.29) is 6.04 Å². The molecule has 2 heterocycles. The number of aromatic amines is 1. The topological polar surface area (TPSA) is 53.6 Å². The number of hydrogen-bond donors (Lipinski definition) is 2. The molecule has 6 heteroatoms. The van der Waals surface area contributed by atoms with Crippen molar-refractivity contribution in [2.24, 2.45) is 0 Å². The molecule has 0 aromatic carbocycles. The summed E-state index contributed by atoms with van der Waals surface area (Å²) in [6.45, 7) is 3.00. The number of nitrogens with one attached hydrogen (secondary N) is 2. The van der Waals surface area contributed by atoms with Gasteiger partial charge in [-0.2, -0.15) is 5.10 Å². The van der Waals surface area contributed by atoms with Crippen molar-refractivity contribution in [3.05, 3.63) is 32.9 Å². The normalized spacial score (nSPS) is 12.9. The first-order valence-electron chi connectivity index (χ1n) is 5.11. The van der Waals surface area contributed by atoms with Crippen LogP contribution in [0.4, 0.5) is 0 Å². The van der Waals surface area contributed by atoms with Gasteiger partial charge < -0.3 is 5.32 Å². The average Bonchev–Trinajstić information content (AvgIpc) is 2.90. The fraction of sp³-hybridized carbons (Fsp3) is 0.400. The molecule has 0 saturated heterocycles. The molecule has 0 saturated carbocycles. The lowest BCUT2D eigenvalue weighted by atomic mass is 10.1. The van der Waals surface area contributed by atoms with Crippen molar-refractivity contribution in [3.63, 3.8) is 0 Å². The molecule has 86 valence electrons. The molecule has 2 N–H and O–H groups in total. The third-order valence-corrected chi connectivity index (χ3v) is 4.24. The molecule has 16 heavy (non-hydrogen) atoms. The second-order valence-electron chi connectivity index (χ2n) is 3.38. The third-order valence-electron chi connectivity index (χ3n) is 2.29. The summed E-state index contributed by atoms with van der Waals surface area (Å²) in [6, 6.07) is 2.27. The quantitative estimate of drug-likeness (QED) is 0.892. The first kappa shape index (κ1) is 11.8. The summed E-state index contributed by atoms with van der Waals surface area (Å²) < 4.78 is 1.17. The molecule has 2 rings (SSSR count). The Bertz CT molecular complexity index is 426. The van der Waals surface area contributed by atoms with E-state index < -0.39 is 0 Å². The van der Waals surface area contributed by atoms with Crippen LogP contribution in [-0.4, -0.2) is 21.7 Å². The second kappa shape index (κ2) is 5.56. The fourth-order valence-corrected chi connectivity index (χ4v) is 3.11. The molecular weight excluding hydrogens is 288 g/mol. The van der Waals surface area contributed by atoms with Gasteiger partial charge in [0.15, 0.2) is 0 Å². The molecule has 0 aliphatic carbocycles. The lowest BCUT2D eigenvalue weighted by Gasteiger charge is -2.14. The molecule has 0 aliphatic heterocycles. The van der Waals surface area contributed by atoms with Gasteiger partial charge in [-0.15, -0.1) is 11.3 Å². The van der Waals surface area contributed by atoms with Gasteiger partial charge in [-0.05, 0) is 33.9 Å². The van der Waals surface area contributed by atoms with Gasteiger partial charge in [-0.1, -0.05) is 6.92 Å². The monoisotopic (exact) mass is 300 g/mol. The smallest absolute Gasteiger partial charge is 0.141 e. The van der Waals surface area contributed by atoms with Crippen LogP contribution >= 0.6 is 27.3 Å². The number of rotatable bonds is 5. The minimum Gasteiger partial charge on any atom is -0.307 e. The largest absolute Gasteiger partial charge is 0.307 e. The Morgan fingerprint density at radius 3 is 3.06 bits per heavy atom. The minimum absolute atomic E-state index is 0.197. The third kappa shape index (κ3) is 2.69. The van der Waals surface area contributed by atoms with E-state index in [1.807, 2.05) is 0 Å². The maximum absolute atomic E-state index is 4.21. The van der Waals surface area contributed by atoms with Crippen LogP contribution in [0.25, 0.3) is 0 Å². The summed E-state index contributed by atoms with van der Waals surface area (Å²) >= 11 is 5.30. The van der Waals surface area contributed by atoms with Crippen molar-refractivity contribution < 1.29 is 0 Å². The minimum atomic E-state index is 0.197. The molecule has 2 aromatic heterocycles. The maximum atomic E-state index is 4.21. The van der Waals surface area contributed by atoms with Crippen molar-refractivity contribution in [2.45, 2.75) is 19.4 Å². The Labute approximate surface area is 107 Å². The first-order valence-corrected chi connectivity index (χ1v) is 6.79. The van der Waals surface area contributed by atoms with E-state index in [4.69, 9.17) is 0 Å². The molecule has 0 amide bonds. The molecule has 0 spiro atoms. The number of halogens is 1. The van der Waals surface area contributed by atoms with Crippen molar-refractivity contribution in [1.82, 2.24) is 20.5 Å². The van der Waals surface area contributed by atoms with E-state index in [9.17, 15) is 0 Å². The van der Waals surface area contributed by atoms with Crippen LogP contribution in [0.15, 0.2) is 22.2 Å².